The lowest BCUT2D eigenvalue weighted by Gasteiger charge is -2.17. The number of nitrogens with one attached hydrogen (secondary N) is 1. The average Bonchev–Trinajstić information content (AvgIpc) is 2.41. The van der Waals surface area contributed by atoms with E-state index in [9.17, 15) is 4.79 Å². The molecule has 3 N–H and O–H groups in total. The van der Waals surface area contributed by atoms with Crippen molar-refractivity contribution >= 4 is 11.6 Å². The van der Waals surface area contributed by atoms with Crippen LogP contribution in [0.5, 0.6) is 0 Å². The molecule has 0 bridgehead atoms. The van der Waals surface area contributed by atoms with Gasteiger partial charge in [-0.25, -0.2) is 0 Å². The zero-order valence-corrected chi connectivity index (χ0v) is 12.8. The molecule has 0 aromatic heterocycles. The smallest absolute Gasteiger partial charge is 0.224 e. The van der Waals surface area contributed by atoms with Gasteiger partial charge in [0.25, 0.3) is 0 Å². The largest absolute Gasteiger partial charge is 0.398 e. The molecule has 0 aliphatic heterocycles. The van der Waals surface area contributed by atoms with Gasteiger partial charge in [0.2, 0.25) is 5.91 Å². The molecule has 3 nitrogen and oxygen atoms in total. The summed E-state index contributed by atoms with van der Waals surface area (Å²) in [7, 11) is 0. The Bertz CT molecular complexity index is 649. The van der Waals surface area contributed by atoms with Crippen LogP contribution in [-0.4, -0.2) is 5.91 Å². The lowest BCUT2D eigenvalue weighted by atomic mass is 10.00. The Hall–Kier alpha value is -2.29. The lowest BCUT2D eigenvalue weighted by Crippen LogP contribution is -2.28. The molecular formula is C18H22N2O. The minimum Gasteiger partial charge on any atom is -0.398 e. The fraction of sp³-hybridized carbons (Fsp3) is 0.278. The Balaban J connectivity index is 2.04. The monoisotopic (exact) mass is 282 g/mol. The summed E-state index contributed by atoms with van der Waals surface area (Å²) in [6, 6.07) is 13.7. The minimum atomic E-state index is -0.0135. The summed E-state index contributed by atoms with van der Waals surface area (Å²) in [6.07, 6.45) is 0.307. The van der Waals surface area contributed by atoms with E-state index in [1.165, 1.54) is 11.1 Å². The van der Waals surface area contributed by atoms with E-state index in [1.54, 1.807) is 0 Å². The number of aryl methyl sites for hydroxylation is 2. The molecule has 3 heteroatoms. The quantitative estimate of drug-likeness (QED) is 0.845. The normalized spacial score (nSPS) is 12.0. The maximum atomic E-state index is 12.2. The third-order valence-electron chi connectivity index (χ3n) is 3.68. The molecule has 0 aliphatic rings. The molecule has 1 atom stereocenters. The Morgan fingerprint density at radius 3 is 2.57 bits per heavy atom. The Kier molecular flexibility index (Phi) is 4.63. The predicted molar refractivity (Wildman–Crippen MR) is 87.0 cm³/mol. The van der Waals surface area contributed by atoms with Gasteiger partial charge in [0.15, 0.2) is 0 Å². The van der Waals surface area contributed by atoms with Crippen molar-refractivity contribution in [1.29, 1.82) is 0 Å². The zero-order chi connectivity index (χ0) is 15.4. The molecular weight excluding hydrogens is 260 g/mol. The Labute approximate surface area is 126 Å². The number of amides is 1. The molecule has 0 heterocycles. The van der Waals surface area contributed by atoms with E-state index in [0.29, 0.717) is 12.1 Å². The van der Waals surface area contributed by atoms with Crippen molar-refractivity contribution < 1.29 is 4.79 Å². The van der Waals surface area contributed by atoms with Crippen LogP contribution in [-0.2, 0) is 11.2 Å². The van der Waals surface area contributed by atoms with E-state index >= 15 is 0 Å². The summed E-state index contributed by atoms with van der Waals surface area (Å²) in [5, 5.41) is 3.04. The van der Waals surface area contributed by atoms with Crippen molar-refractivity contribution in [2.75, 3.05) is 5.73 Å². The van der Waals surface area contributed by atoms with Crippen LogP contribution < -0.4 is 11.1 Å². The van der Waals surface area contributed by atoms with Gasteiger partial charge in [-0.1, -0.05) is 42.0 Å². The molecule has 1 amide bonds. The van der Waals surface area contributed by atoms with Crippen LogP contribution in [0.3, 0.4) is 0 Å². The highest BCUT2D eigenvalue weighted by molar-refractivity contribution is 5.80. The molecule has 0 saturated carbocycles. The first-order chi connectivity index (χ1) is 9.97. The van der Waals surface area contributed by atoms with Crippen LogP contribution >= 0.6 is 0 Å². The van der Waals surface area contributed by atoms with Crippen LogP contribution in [0.15, 0.2) is 42.5 Å². The van der Waals surface area contributed by atoms with E-state index in [1.807, 2.05) is 31.2 Å². The van der Waals surface area contributed by atoms with Crippen LogP contribution in [0, 0.1) is 13.8 Å². The first-order valence-electron chi connectivity index (χ1n) is 7.17. The topological polar surface area (TPSA) is 55.1 Å². The minimum absolute atomic E-state index is 0.0111. The first kappa shape index (κ1) is 15.1. The van der Waals surface area contributed by atoms with E-state index in [4.69, 9.17) is 5.73 Å². The number of benzene rings is 2. The third-order valence-corrected chi connectivity index (χ3v) is 3.68. The lowest BCUT2D eigenvalue weighted by molar-refractivity contribution is -0.121. The summed E-state index contributed by atoms with van der Waals surface area (Å²) in [5.41, 5.74) is 11.0. The summed E-state index contributed by atoms with van der Waals surface area (Å²) in [5.74, 6) is -0.0135. The van der Waals surface area contributed by atoms with Gasteiger partial charge in [-0.15, -0.1) is 0 Å². The second kappa shape index (κ2) is 6.44. The van der Waals surface area contributed by atoms with Crippen molar-refractivity contribution in [2.24, 2.45) is 0 Å². The molecule has 0 saturated heterocycles. The fourth-order valence-electron chi connectivity index (χ4n) is 2.55. The molecule has 2 aromatic carbocycles. The molecule has 1 unspecified atom stereocenters. The molecule has 0 aliphatic carbocycles. The molecule has 0 radical (unpaired) electrons. The van der Waals surface area contributed by atoms with Crippen molar-refractivity contribution in [1.82, 2.24) is 5.32 Å². The number of hydrogen-bond donors (Lipinski definition) is 2. The standard InChI is InChI=1S/C18H22N2O/c1-12-8-9-16(13(2)10-12)14(3)20-18(21)11-15-6-4-5-7-17(15)19/h4-10,14H,11,19H2,1-3H3,(H,20,21). The van der Waals surface area contributed by atoms with Gasteiger partial charge in [0, 0.05) is 5.69 Å². The van der Waals surface area contributed by atoms with Crippen LogP contribution in [0.25, 0.3) is 0 Å². The number of nitrogens with two attached hydrogens (primary N) is 1. The van der Waals surface area contributed by atoms with Gasteiger partial charge >= 0.3 is 0 Å². The van der Waals surface area contributed by atoms with Gasteiger partial charge in [-0.3, -0.25) is 4.79 Å². The van der Waals surface area contributed by atoms with Crippen LogP contribution in [0.2, 0.25) is 0 Å². The number of hydrogen-bond acceptors (Lipinski definition) is 2. The number of anilines is 1. The first-order valence-corrected chi connectivity index (χ1v) is 7.17. The van der Waals surface area contributed by atoms with Crippen LogP contribution in [0.1, 0.15) is 35.2 Å². The average molecular weight is 282 g/mol. The van der Waals surface area contributed by atoms with Gasteiger partial charge in [0.05, 0.1) is 12.5 Å². The van der Waals surface area contributed by atoms with Crippen LogP contribution in [0.4, 0.5) is 5.69 Å². The highest BCUT2D eigenvalue weighted by Gasteiger charge is 2.13. The van der Waals surface area contributed by atoms with Gasteiger partial charge in [-0.2, -0.15) is 0 Å². The second-order valence-corrected chi connectivity index (χ2v) is 5.52. The molecule has 0 spiro atoms. The van der Waals surface area contributed by atoms with E-state index < -0.39 is 0 Å². The summed E-state index contributed by atoms with van der Waals surface area (Å²) in [6.45, 7) is 6.14. The maximum absolute atomic E-state index is 12.2. The Morgan fingerprint density at radius 2 is 1.90 bits per heavy atom. The second-order valence-electron chi connectivity index (χ2n) is 5.52. The Morgan fingerprint density at radius 1 is 1.19 bits per heavy atom. The summed E-state index contributed by atoms with van der Waals surface area (Å²) in [4.78, 5) is 12.2. The van der Waals surface area contributed by atoms with Crippen molar-refractivity contribution in [2.45, 2.75) is 33.2 Å². The molecule has 0 fully saturated rings. The number of carbonyl (C=O) groups is 1. The van der Waals surface area contributed by atoms with E-state index in [-0.39, 0.29) is 11.9 Å². The zero-order valence-electron chi connectivity index (χ0n) is 12.8. The highest BCUT2D eigenvalue weighted by Crippen LogP contribution is 2.19. The van der Waals surface area contributed by atoms with E-state index in [2.05, 4.69) is 37.4 Å². The number of carbonyl (C=O) groups excluding carboxylic acids is 1. The van der Waals surface area contributed by atoms with Crippen molar-refractivity contribution in [3.8, 4) is 0 Å². The molecule has 21 heavy (non-hydrogen) atoms. The highest BCUT2D eigenvalue weighted by atomic mass is 16.1. The molecule has 2 aromatic rings. The third kappa shape index (κ3) is 3.85. The number of para-hydroxylation sites is 1. The van der Waals surface area contributed by atoms with Crippen molar-refractivity contribution in [3.05, 3.63) is 64.7 Å². The van der Waals surface area contributed by atoms with E-state index in [0.717, 1.165) is 11.1 Å². The number of nitrogen functional groups attached to an aromatic ring is 1. The summed E-state index contributed by atoms with van der Waals surface area (Å²) < 4.78 is 0. The fourth-order valence-corrected chi connectivity index (χ4v) is 2.55. The molecule has 110 valence electrons. The number of rotatable bonds is 4. The van der Waals surface area contributed by atoms with Gasteiger partial charge in [0.1, 0.15) is 0 Å². The van der Waals surface area contributed by atoms with Gasteiger partial charge in [-0.05, 0) is 43.5 Å². The van der Waals surface area contributed by atoms with Gasteiger partial charge < -0.3 is 11.1 Å². The maximum Gasteiger partial charge on any atom is 0.224 e. The molecule has 2 rings (SSSR count). The SMILES string of the molecule is Cc1ccc(C(C)NC(=O)Cc2ccccc2N)c(C)c1. The van der Waals surface area contributed by atoms with Crippen molar-refractivity contribution in [3.63, 3.8) is 0 Å². The predicted octanol–water partition coefficient (Wildman–Crippen LogP) is 3.31. The summed E-state index contributed by atoms with van der Waals surface area (Å²) >= 11 is 0.